The Morgan fingerprint density at radius 3 is 3.06 bits per heavy atom. The third-order valence-corrected chi connectivity index (χ3v) is 5.05. The number of likely N-dealkylation sites (tertiary alicyclic amines) is 1. The molecule has 0 aliphatic carbocycles. The first-order valence-corrected chi connectivity index (χ1v) is 7.59. The Labute approximate surface area is 117 Å². The van der Waals surface area contributed by atoms with Crippen molar-refractivity contribution in [1.82, 2.24) is 9.88 Å². The van der Waals surface area contributed by atoms with Gasteiger partial charge < -0.3 is 9.80 Å². The maximum Gasteiger partial charge on any atom is 0.0592 e. The third kappa shape index (κ3) is 2.28. The maximum absolute atomic E-state index is 4.15. The minimum atomic E-state index is 0.801. The molecule has 2 fully saturated rings. The Morgan fingerprint density at radius 2 is 2.22 bits per heavy atom. The Balaban J connectivity index is 1.76. The Hall–Kier alpha value is -0.610. The van der Waals surface area contributed by atoms with E-state index in [1.165, 1.54) is 38.0 Å². The number of anilines is 1. The summed E-state index contributed by atoms with van der Waals surface area (Å²) in [5, 5.41) is 0. The molecular weight excluding hydrogens is 290 g/mol. The molecule has 3 rings (SSSR count). The number of nitrogens with zero attached hydrogens (tertiary/aromatic N) is 3. The molecule has 2 atom stereocenters. The van der Waals surface area contributed by atoms with E-state index in [1.54, 1.807) is 0 Å². The van der Waals surface area contributed by atoms with Crippen LogP contribution in [-0.4, -0.2) is 42.6 Å². The van der Waals surface area contributed by atoms with Gasteiger partial charge in [-0.05, 0) is 60.8 Å². The molecule has 0 aromatic carbocycles. The number of pyridine rings is 1. The Kier molecular flexibility index (Phi) is 3.57. The molecule has 2 unspecified atom stereocenters. The lowest BCUT2D eigenvalue weighted by Crippen LogP contribution is -2.52. The second-order valence-electron chi connectivity index (χ2n) is 5.51. The van der Waals surface area contributed by atoms with Gasteiger partial charge in [-0.2, -0.15) is 0 Å². The topological polar surface area (TPSA) is 19.4 Å². The first-order valence-electron chi connectivity index (χ1n) is 6.80. The summed E-state index contributed by atoms with van der Waals surface area (Å²) in [5.41, 5.74) is 1.30. The number of hydrogen-bond acceptors (Lipinski definition) is 3. The van der Waals surface area contributed by atoms with E-state index in [1.807, 2.05) is 12.4 Å². The van der Waals surface area contributed by atoms with E-state index in [0.29, 0.717) is 0 Å². The lowest BCUT2D eigenvalue weighted by Gasteiger charge is -2.46. The van der Waals surface area contributed by atoms with Crippen LogP contribution in [0.5, 0.6) is 0 Å². The van der Waals surface area contributed by atoms with E-state index in [4.69, 9.17) is 0 Å². The highest BCUT2D eigenvalue weighted by Gasteiger charge is 2.34. The average Bonchev–Trinajstić information content (AvgIpc) is 2.39. The van der Waals surface area contributed by atoms with Crippen LogP contribution in [-0.2, 0) is 0 Å². The van der Waals surface area contributed by atoms with Crippen molar-refractivity contribution < 1.29 is 0 Å². The third-order valence-electron chi connectivity index (χ3n) is 4.44. The fraction of sp³-hybridized carbons (Fsp3) is 0.643. The van der Waals surface area contributed by atoms with Crippen LogP contribution in [0.25, 0.3) is 0 Å². The molecule has 1 aromatic heterocycles. The van der Waals surface area contributed by atoms with Gasteiger partial charge in [0.1, 0.15) is 0 Å². The summed E-state index contributed by atoms with van der Waals surface area (Å²) in [6.45, 7) is 3.63. The van der Waals surface area contributed by atoms with Crippen molar-refractivity contribution >= 4 is 21.6 Å². The molecule has 0 amide bonds. The minimum Gasteiger partial charge on any atom is -0.370 e. The predicted molar refractivity (Wildman–Crippen MR) is 77.9 cm³/mol. The first-order chi connectivity index (χ1) is 8.75. The van der Waals surface area contributed by atoms with E-state index in [-0.39, 0.29) is 0 Å². The van der Waals surface area contributed by atoms with Crippen LogP contribution < -0.4 is 4.90 Å². The van der Waals surface area contributed by atoms with Gasteiger partial charge in [0.2, 0.25) is 0 Å². The molecule has 0 radical (unpaired) electrons. The molecule has 18 heavy (non-hydrogen) atoms. The fourth-order valence-electron chi connectivity index (χ4n) is 3.50. The molecular formula is C14H20BrN3. The van der Waals surface area contributed by atoms with Gasteiger partial charge in [-0.25, -0.2) is 0 Å². The van der Waals surface area contributed by atoms with Crippen molar-refractivity contribution in [2.24, 2.45) is 5.92 Å². The predicted octanol–water partition coefficient (Wildman–Crippen LogP) is 2.76. The van der Waals surface area contributed by atoms with Crippen molar-refractivity contribution in [1.29, 1.82) is 0 Å². The van der Waals surface area contributed by atoms with Crippen LogP contribution >= 0.6 is 15.9 Å². The van der Waals surface area contributed by atoms with Gasteiger partial charge in [-0.15, -0.1) is 0 Å². The summed E-state index contributed by atoms with van der Waals surface area (Å²) >= 11 is 3.62. The van der Waals surface area contributed by atoms with Gasteiger partial charge in [0.25, 0.3) is 0 Å². The van der Waals surface area contributed by atoms with Crippen molar-refractivity contribution in [3.63, 3.8) is 0 Å². The van der Waals surface area contributed by atoms with Crippen LogP contribution in [0, 0.1) is 5.92 Å². The quantitative estimate of drug-likeness (QED) is 0.795. The van der Waals surface area contributed by atoms with Gasteiger partial charge in [0.15, 0.2) is 0 Å². The van der Waals surface area contributed by atoms with E-state index in [0.717, 1.165) is 23.0 Å². The van der Waals surface area contributed by atoms with Crippen molar-refractivity contribution in [3.05, 3.63) is 22.9 Å². The number of rotatable bonds is 1. The zero-order valence-electron chi connectivity index (χ0n) is 10.8. The average molecular weight is 310 g/mol. The maximum atomic E-state index is 4.15. The van der Waals surface area contributed by atoms with Crippen LogP contribution in [0.4, 0.5) is 5.69 Å². The van der Waals surface area contributed by atoms with Gasteiger partial charge in [-0.3, -0.25) is 4.98 Å². The highest BCUT2D eigenvalue weighted by molar-refractivity contribution is 9.10. The van der Waals surface area contributed by atoms with E-state index < -0.39 is 0 Å². The SMILES string of the molecule is CN1CCCC2CN(c3ccncc3Br)CCC21. The van der Waals surface area contributed by atoms with Crippen molar-refractivity contribution in [3.8, 4) is 0 Å². The molecule has 3 nitrogen and oxygen atoms in total. The summed E-state index contributed by atoms with van der Waals surface area (Å²) in [6.07, 6.45) is 7.81. The van der Waals surface area contributed by atoms with E-state index in [9.17, 15) is 0 Å². The Morgan fingerprint density at radius 1 is 1.33 bits per heavy atom. The first kappa shape index (κ1) is 12.4. The number of fused-ring (bicyclic) bond motifs is 1. The van der Waals surface area contributed by atoms with Gasteiger partial charge in [-0.1, -0.05) is 0 Å². The van der Waals surface area contributed by atoms with Crippen molar-refractivity contribution in [2.45, 2.75) is 25.3 Å². The van der Waals surface area contributed by atoms with Crippen LogP contribution in [0.1, 0.15) is 19.3 Å². The molecule has 2 aliphatic heterocycles. The van der Waals surface area contributed by atoms with Crippen LogP contribution in [0.15, 0.2) is 22.9 Å². The fourth-order valence-corrected chi connectivity index (χ4v) is 4.00. The summed E-state index contributed by atoms with van der Waals surface area (Å²) in [4.78, 5) is 9.23. The normalized spacial score (nSPS) is 29.1. The number of piperidine rings is 2. The molecule has 2 saturated heterocycles. The van der Waals surface area contributed by atoms with Gasteiger partial charge >= 0.3 is 0 Å². The molecule has 0 bridgehead atoms. The second-order valence-corrected chi connectivity index (χ2v) is 6.37. The highest BCUT2D eigenvalue weighted by atomic mass is 79.9. The summed E-state index contributed by atoms with van der Waals surface area (Å²) in [6, 6.07) is 2.92. The van der Waals surface area contributed by atoms with Gasteiger partial charge in [0.05, 0.1) is 10.2 Å². The minimum absolute atomic E-state index is 0.801. The number of aromatic nitrogens is 1. The number of hydrogen-bond donors (Lipinski definition) is 0. The van der Waals surface area contributed by atoms with E-state index >= 15 is 0 Å². The molecule has 4 heteroatoms. The molecule has 3 heterocycles. The summed E-state index contributed by atoms with van der Waals surface area (Å²) in [7, 11) is 2.29. The van der Waals surface area contributed by atoms with Gasteiger partial charge in [0, 0.05) is 31.5 Å². The molecule has 0 spiro atoms. The van der Waals surface area contributed by atoms with Crippen LogP contribution in [0.2, 0.25) is 0 Å². The van der Waals surface area contributed by atoms with Crippen LogP contribution in [0.3, 0.4) is 0 Å². The van der Waals surface area contributed by atoms with E-state index in [2.05, 4.69) is 43.8 Å². The molecule has 1 aromatic rings. The lowest BCUT2D eigenvalue weighted by molar-refractivity contribution is 0.102. The summed E-state index contributed by atoms with van der Waals surface area (Å²) in [5.74, 6) is 0.831. The molecule has 0 saturated carbocycles. The zero-order valence-corrected chi connectivity index (χ0v) is 12.4. The smallest absolute Gasteiger partial charge is 0.0592 e. The largest absolute Gasteiger partial charge is 0.370 e. The number of halogens is 1. The monoisotopic (exact) mass is 309 g/mol. The molecule has 2 aliphatic rings. The second kappa shape index (κ2) is 5.17. The summed E-state index contributed by atoms with van der Waals surface area (Å²) < 4.78 is 1.12. The zero-order chi connectivity index (χ0) is 12.5. The standard InChI is InChI=1S/C14H20BrN3/c1-17-7-2-3-11-10-18(8-5-13(11)17)14-4-6-16-9-12(14)15/h4,6,9,11,13H,2-3,5,7-8,10H2,1H3. The van der Waals surface area contributed by atoms with Crippen molar-refractivity contribution in [2.75, 3.05) is 31.6 Å². The molecule has 98 valence electrons. The lowest BCUT2D eigenvalue weighted by atomic mass is 9.84. The molecule has 0 N–H and O–H groups in total. The highest BCUT2D eigenvalue weighted by Crippen LogP contribution is 2.34. The Bertz CT molecular complexity index is 423.